The van der Waals surface area contributed by atoms with E-state index in [9.17, 15) is 9.59 Å². The van der Waals surface area contributed by atoms with Crippen molar-refractivity contribution in [3.63, 3.8) is 0 Å². The minimum atomic E-state index is -0.469. The van der Waals surface area contributed by atoms with Gasteiger partial charge in [-0.15, -0.1) is 0 Å². The minimum absolute atomic E-state index is 0.0865. The van der Waals surface area contributed by atoms with E-state index in [2.05, 4.69) is 10.6 Å². The first-order valence-corrected chi connectivity index (χ1v) is 5.41. The maximum absolute atomic E-state index is 11.4. The molecule has 0 saturated heterocycles. The van der Waals surface area contributed by atoms with Gasteiger partial charge in [0.15, 0.2) is 6.10 Å². The fourth-order valence-corrected chi connectivity index (χ4v) is 1.59. The summed E-state index contributed by atoms with van der Waals surface area (Å²) in [6, 6.07) is 5.45. The van der Waals surface area contributed by atoms with Crippen molar-refractivity contribution in [2.24, 2.45) is 0 Å². The van der Waals surface area contributed by atoms with Gasteiger partial charge in [0.1, 0.15) is 5.75 Å². The van der Waals surface area contributed by atoms with Crippen LogP contribution < -0.4 is 15.4 Å². The van der Waals surface area contributed by atoms with E-state index >= 15 is 0 Å². The Labute approximate surface area is 99.2 Å². The molecule has 1 heterocycles. The molecule has 17 heavy (non-hydrogen) atoms. The Hall–Kier alpha value is -2.04. The number of amides is 2. The standard InChI is InChI=1S/C12H14N2O3/c1-7-12(16)14-10-5-9(6-13-8(2)15)3-4-11(10)17-7/h3-5,7H,6H2,1-2H3,(H,13,15)(H,14,16)/t7-/m0/s1. The number of nitrogens with one attached hydrogen (secondary N) is 2. The van der Waals surface area contributed by atoms with Gasteiger partial charge < -0.3 is 15.4 Å². The highest BCUT2D eigenvalue weighted by Gasteiger charge is 2.23. The second-order valence-electron chi connectivity index (χ2n) is 3.99. The maximum Gasteiger partial charge on any atom is 0.265 e. The van der Waals surface area contributed by atoms with Gasteiger partial charge in [0.2, 0.25) is 5.91 Å². The number of ether oxygens (including phenoxy) is 1. The number of benzene rings is 1. The summed E-state index contributed by atoms with van der Waals surface area (Å²) in [6.07, 6.45) is -0.469. The lowest BCUT2D eigenvalue weighted by atomic mass is 10.1. The van der Waals surface area contributed by atoms with Crippen LogP contribution in [-0.4, -0.2) is 17.9 Å². The molecule has 2 amide bonds. The Morgan fingerprint density at radius 3 is 3.00 bits per heavy atom. The van der Waals surface area contributed by atoms with Crippen molar-refractivity contribution in [1.82, 2.24) is 5.32 Å². The first kappa shape index (κ1) is 11.4. The molecule has 0 bridgehead atoms. The summed E-state index contributed by atoms with van der Waals surface area (Å²) in [4.78, 5) is 22.2. The van der Waals surface area contributed by atoms with Crippen LogP contribution in [0.2, 0.25) is 0 Å². The molecule has 0 aromatic heterocycles. The van der Waals surface area contributed by atoms with Crippen molar-refractivity contribution < 1.29 is 14.3 Å². The molecule has 0 fully saturated rings. The summed E-state index contributed by atoms with van der Waals surface area (Å²) < 4.78 is 5.43. The molecule has 0 aliphatic carbocycles. The van der Waals surface area contributed by atoms with E-state index in [-0.39, 0.29) is 11.8 Å². The Balaban J connectivity index is 2.17. The van der Waals surface area contributed by atoms with E-state index in [0.717, 1.165) is 5.56 Å². The molecule has 1 atom stereocenters. The van der Waals surface area contributed by atoms with Gasteiger partial charge in [0.25, 0.3) is 5.91 Å². The number of anilines is 1. The number of fused-ring (bicyclic) bond motifs is 1. The normalized spacial score (nSPS) is 17.8. The van der Waals surface area contributed by atoms with E-state index in [1.54, 1.807) is 19.1 Å². The summed E-state index contributed by atoms with van der Waals surface area (Å²) in [7, 11) is 0. The van der Waals surface area contributed by atoms with Crippen molar-refractivity contribution >= 4 is 17.5 Å². The van der Waals surface area contributed by atoms with Gasteiger partial charge in [-0.2, -0.15) is 0 Å². The third kappa shape index (κ3) is 2.55. The lowest BCUT2D eigenvalue weighted by Crippen LogP contribution is -2.34. The van der Waals surface area contributed by atoms with Crippen LogP contribution in [0.1, 0.15) is 19.4 Å². The van der Waals surface area contributed by atoms with Gasteiger partial charge in [0, 0.05) is 13.5 Å². The Morgan fingerprint density at radius 2 is 2.29 bits per heavy atom. The average Bonchev–Trinajstić information content (AvgIpc) is 2.28. The maximum atomic E-state index is 11.4. The molecule has 5 heteroatoms. The van der Waals surface area contributed by atoms with Crippen LogP contribution in [0.25, 0.3) is 0 Å². The number of rotatable bonds is 2. The van der Waals surface area contributed by atoms with E-state index in [1.807, 2.05) is 6.07 Å². The van der Waals surface area contributed by atoms with Crippen molar-refractivity contribution in [1.29, 1.82) is 0 Å². The quantitative estimate of drug-likeness (QED) is 0.803. The zero-order valence-corrected chi connectivity index (χ0v) is 9.74. The Kier molecular flexibility index (Phi) is 2.99. The molecule has 1 aliphatic rings. The monoisotopic (exact) mass is 234 g/mol. The first-order valence-electron chi connectivity index (χ1n) is 5.41. The first-order chi connectivity index (χ1) is 8.06. The highest BCUT2D eigenvalue weighted by atomic mass is 16.5. The second kappa shape index (κ2) is 4.45. The summed E-state index contributed by atoms with van der Waals surface area (Å²) in [5.74, 6) is 0.412. The van der Waals surface area contributed by atoms with E-state index < -0.39 is 6.10 Å². The molecule has 1 aromatic rings. The molecule has 1 aromatic carbocycles. The zero-order chi connectivity index (χ0) is 12.4. The molecule has 90 valence electrons. The van der Waals surface area contributed by atoms with Crippen LogP contribution in [0.15, 0.2) is 18.2 Å². The van der Waals surface area contributed by atoms with Crippen molar-refractivity contribution in [2.45, 2.75) is 26.5 Å². The molecule has 2 rings (SSSR count). The molecule has 2 N–H and O–H groups in total. The molecular weight excluding hydrogens is 220 g/mol. The SMILES string of the molecule is CC(=O)NCc1ccc2c(c1)NC(=O)[C@H](C)O2. The van der Waals surface area contributed by atoms with Crippen LogP contribution in [0.4, 0.5) is 5.69 Å². The molecule has 0 saturated carbocycles. The van der Waals surface area contributed by atoms with Crippen LogP contribution in [0.5, 0.6) is 5.75 Å². The summed E-state index contributed by atoms with van der Waals surface area (Å²) in [5, 5.41) is 5.46. The summed E-state index contributed by atoms with van der Waals surface area (Å²) >= 11 is 0. The van der Waals surface area contributed by atoms with Gasteiger partial charge in [-0.1, -0.05) is 6.07 Å². The molecule has 5 nitrogen and oxygen atoms in total. The molecule has 1 aliphatic heterocycles. The number of hydrogen-bond donors (Lipinski definition) is 2. The largest absolute Gasteiger partial charge is 0.479 e. The predicted molar refractivity (Wildman–Crippen MR) is 62.7 cm³/mol. The van der Waals surface area contributed by atoms with Crippen molar-refractivity contribution in [3.8, 4) is 5.75 Å². The van der Waals surface area contributed by atoms with Gasteiger partial charge in [-0.05, 0) is 24.6 Å². The Bertz CT molecular complexity index is 471. The summed E-state index contributed by atoms with van der Waals surface area (Å²) in [5.41, 5.74) is 1.56. The third-order valence-electron chi connectivity index (χ3n) is 2.52. The second-order valence-corrected chi connectivity index (χ2v) is 3.99. The molecular formula is C12H14N2O3. The highest BCUT2D eigenvalue weighted by molar-refractivity contribution is 5.97. The smallest absolute Gasteiger partial charge is 0.265 e. The minimum Gasteiger partial charge on any atom is -0.479 e. The number of carbonyl (C=O) groups excluding carboxylic acids is 2. The van der Waals surface area contributed by atoms with Gasteiger partial charge in [-0.25, -0.2) is 0 Å². The lowest BCUT2D eigenvalue weighted by molar-refractivity contribution is -0.122. The topological polar surface area (TPSA) is 67.4 Å². The highest BCUT2D eigenvalue weighted by Crippen LogP contribution is 2.30. The van der Waals surface area contributed by atoms with Crippen LogP contribution >= 0.6 is 0 Å². The van der Waals surface area contributed by atoms with E-state index in [0.29, 0.717) is 18.0 Å². The molecule has 0 radical (unpaired) electrons. The van der Waals surface area contributed by atoms with Crippen LogP contribution in [-0.2, 0) is 16.1 Å². The van der Waals surface area contributed by atoms with Gasteiger partial charge in [-0.3, -0.25) is 9.59 Å². The fourth-order valence-electron chi connectivity index (χ4n) is 1.59. The summed E-state index contributed by atoms with van der Waals surface area (Å²) in [6.45, 7) is 3.60. The van der Waals surface area contributed by atoms with E-state index in [4.69, 9.17) is 4.74 Å². The zero-order valence-electron chi connectivity index (χ0n) is 9.74. The molecule has 0 unspecified atom stereocenters. The Morgan fingerprint density at radius 1 is 1.53 bits per heavy atom. The fraction of sp³-hybridized carbons (Fsp3) is 0.333. The number of hydrogen-bond acceptors (Lipinski definition) is 3. The van der Waals surface area contributed by atoms with Crippen molar-refractivity contribution in [2.75, 3.05) is 5.32 Å². The van der Waals surface area contributed by atoms with Gasteiger partial charge in [0.05, 0.1) is 5.69 Å². The predicted octanol–water partition coefficient (Wildman–Crippen LogP) is 1.04. The van der Waals surface area contributed by atoms with Crippen LogP contribution in [0, 0.1) is 0 Å². The number of carbonyl (C=O) groups is 2. The molecule has 0 spiro atoms. The van der Waals surface area contributed by atoms with Crippen molar-refractivity contribution in [3.05, 3.63) is 23.8 Å². The van der Waals surface area contributed by atoms with E-state index in [1.165, 1.54) is 6.92 Å². The lowest BCUT2D eigenvalue weighted by Gasteiger charge is -2.23. The average molecular weight is 234 g/mol. The third-order valence-corrected chi connectivity index (χ3v) is 2.52. The van der Waals surface area contributed by atoms with Gasteiger partial charge >= 0.3 is 0 Å². The van der Waals surface area contributed by atoms with Crippen LogP contribution in [0.3, 0.4) is 0 Å².